The highest BCUT2D eigenvalue weighted by atomic mass is 32.2. The second-order valence-electron chi connectivity index (χ2n) is 5.13. The van der Waals surface area contributed by atoms with E-state index in [-0.39, 0.29) is 12.2 Å². The first-order chi connectivity index (χ1) is 10.3. The first-order valence-electron chi connectivity index (χ1n) is 6.88. The Balaban J connectivity index is 2.19. The summed E-state index contributed by atoms with van der Waals surface area (Å²) in [7, 11) is -2.12. The zero-order valence-electron chi connectivity index (χ0n) is 12.2. The van der Waals surface area contributed by atoms with Crippen LogP contribution in [0.15, 0.2) is 24.3 Å². The summed E-state index contributed by atoms with van der Waals surface area (Å²) in [6.07, 6.45) is -2.41. The van der Waals surface area contributed by atoms with Crippen molar-refractivity contribution in [3.05, 3.63) is 29.8 Å². The summed E-state index contributed by atoms with van der Waals surface area (Å²) in [5.74, 6) is -0.532. The van der Waals surface area contributed by atoms with Crippen molar-refractivity contribution in [3.8, 4) is 0 Å². The molecule has 1 aromatic carbocycles. The predicted octanol–water partition coefficient (Wildman–Crippen LogP) is 0.184. The smallest absolute Gasteiger partial charge is 0.308 e. The molecular formula is C14H19NO6S. The van der Waals surface area contributed by atoms with Gasteiger partial charge < -0.3 is 14.9 Å². The van der Waals surface area contributed by atoms with E-state index in [1.54, 1.807) is 18.2 Å². The molecule has 2 N–H and O–H groups in total. The lowest BCUT2D eigenvalue weighted by atomic mass is 10.0. The van der Waals surface area contributed by atoms with Crippen LogP contribution in [0.4, 0.5) is 5.69 Å². The van der Waals surface area contributed by atoms with Crippen LogP contribution < -0.4 is 4.31 Å². The highest BCUT2D eigenvalue weighted by Crippen LogP contribution is 2.28. The number of carbonyl (C=O) groups excluding carboxylic acids is 1. The summed E-state index contributed by atoms with van der Waals surface area (Å²) in [6.45, 7) is 0.395. The quantitative estimate of drug-likeness (QED) is 0.747. The number of hydrogen-bond acceptors (Lipinski definition) is 6. The number of nitrogens with zero attached hydrogens (tertiary/aromatic N) is 1. The number of esters is 1. The zero-order valence-corrected chi connectivity index (χ0v) is 13.0. The number of sulfonamides is 1. The van der Waals surface area contributed by atoms with Gasteiger partial charge in [-0.1, -0.05) is 12.1 Å². The van der Waals surface area contributed by atoms with Crippen molar-refractivity contribution in [1.82, 2.24) is 0 Å². The first kappa shape index (κ1) is 16.7. The minimum Gasteiger partial charge on any atom is -0.469 e. The van der Waals surface area contributed by atoms with Crippen LogP contribution in [0.5, 0.6) is 0 Å². The Bertz CT molecular complexity index is 644. The summed E-state index contributed by atoms with van der Waals surface area (Å²) < 4.78 is 29.6. The molecule has 0 radical (unpaired) electrons. The number of hydrogen-bond donors (Lipinski definition) is 2. The number of aliphatic hydroxyl groups excluding tert-OH is 2. The Hall–Kier alpha value is -1.64. The zero-order chi connectivity index (χ0) is 16.3. The SMILES string of the molecule is COC(=O)CC(O)C(O)c1cccc(N2CCCS2(=O)=O)c1. The maximum absolute atomic E-state index is 11.9. The van der Waals surface area contributed by atoms with Crippen molar-refractivity contribution >= 4 is 21.7 Å². The molecule has 0 saturated carbocycles. The fraction of sp³-hybridized carbons (Fsp3) is 0.500. The molecule has 2 unspecified atom stereocenters. The number of anilines is 1. The maximum atomic E-state index is 11.9. The van der Waals surface area contributed by atoms with Crippen molar-refractivity contribution in [2.24, 2.45) is 0 Å². The highest BCUT2D eigenvalue weighted by Gasteiger charge is 2.29. The van der Waals surface area contributed by atoms with E-state index in [4.69, 9.17) is 0 Å². The second-order valence-corrected chi connectivity index (χ2v) is 7.14. The van der Waals surface area contributed by atoms with Gasteiger partial charge in [-0.2, -0.15) is 0 Å². The van der Waals surface area contributed by atoms with Gasteiger partial charge in [-0.25, -0.2) is 8.42 Å². The van der Waals surface area contributed by atoms with Gasteiger partial charge in [-0.15, -0.1) is 0 Å². The largest absolute Gasteiger partial charge is 0.469 e. The monoisotopic (exact) mass is 329 g/mol. The molecule has 1 fully saturated rings. The van der Waals surface area contributed by atoms with Crippen LogP contribution in [0.2, 0.25) is 0 Å². The summed E-state index contributed by atoms with van der Waals surface area (Å²) in [5, 5.41) is 20.0. The molecule has 0 bridgehead atoms. The number of benzene rings is 1. The maximum Gasteiger partial charge on any atom is 0.308 e. The molecule has 2 atom stereocenters. The lowest BCUT2D eigenvalue weighted by Crippen LogP contribution is -2.26. The van der Waals surface area contributed by atoms with Crippen molar-refractivity contribution in [2.75, 3.05) is 23.7 Å². The molecule has 1 aliphatic rings. The molecule has 1 saturated heterocycles. The Morgan fingerprint density at radius 1 is 1.41 bits per heavy atom. The molecule has 0 aromatic heterocycles. The topological polar surface area (TPSA) is 104 Å². The first-order valence-corrected chi connectivity index (χ1v) is 8.49. The third kappa shape index (κ3) is 3.57. The minimum atomic E-state index is -3.31. The molecule has 1 aliphatic heterocycles. The van der Waals surface area contributed by atoms with E-state index in [9.17, 15) is 23.4 Å². The predicted molar refractivity (Wildman–Crippen MR) is 79.8 cm³/mol. The number of rotatable bonds is 5. The molecule has 1 aromatic rings. The lowest BCUT2D eigenvalue weighted by Gasteiger charge is -2.21. The molecule has 8 heteroatoms. The second kappa shape index (κ2) is 6.64. The van der Waals surface area contributed by atoms with Crippen LogP contribution in [0, 0.1) is 0 Å². The summed E-state index contributed by atoms with van der Waals surface area (Å²) in [5.41, 5.74) is 0.787. The van der Waals surface area contributed by atoms with E-state index in [0.717, 1.165) is 0 Å². The van der Waals surface area contributed by atoms with E-state index in [0.29, 0.717) is 24.2 Å². The third-order valence-electron chi connectivity index (χ3n) is 3.57. The van der Waals surface area contributed by atoms with E-state index in [2.05, 4.69) is 4.74 Å². The molecule has 2 rings (SSSR count). The number of methoxy groups -OCH3 is 1. The lowest BCUT2D eigenvalue weighted by molar-refractivity contribution is -0.144. The molecule has 7 nitrogen and oxygen atoms in total. The molecular weight excluding hydrogens is 310 g/mol. The number of carbonyl (C=O) groups is 1. The average molecular weight is 329 g/mol. The Labute approximate surface area is 129 Å². The normalized spacial score (nSPS) is 19.7. The van der Waals surface area contributed by atoms with Crippen LogP contribution in [-0.4, -0.2) is 50.1 Å². The van der Waals surface area contributed by atoms with Gasteiger partial charge >= 0.3 is 5.97 Å². The Morgan fingerprint density at radius 2 is 2.14 bits per heavy atom. The van der Waals surface area contributed by atoms with E-state index < -0.39 is 28.2 Å². The summed E-state index contributed by atoms with van der Waals surface area (Å²) in [6, 6.07) is 6.31. The van der Waals surface area contributed by atoms with Crippen LogP contribution in [0.1, 0.15) is 24.5 Å². The van der Waals surface area contributed by atoms with Crippen molar-refractivity contribution < 1.29 is 28.2 Å². The van der Waals surface area contributed by atoms with Gasteiger partial charge in [0.05, 0.1) is 31.1 Å². The van der Waals surface area contributed by atoms with Gasteiger partial charge in [0, 0.05) is 6.54 Å². The molecule has 0 aliphatic carbocycles. The van der Waals surface area contributed by atoms with Gasteiger partial charge in [-0.05, 0) is 24.1 Å². The molecule has 122 valence electrons. The molecule has 0 spiro atoms. The number of aliphatic hydroxyl groups is 2. The van der Waals surface area contributed by atoms with Crippen molar-refractivity contribution in [2.45, 2.75) is 25.0 Å². The van der Waals surface area contributed by atoms with E-state index >= 15 is 0 Å². The van der Waals surface area contributed by atoms with Crippen LogP contribution in [0.3, 0.4) is 0 Å². The Morgan fingerprint density at radius 3 is 2.73 bits per heavy atom. The summed E-state index contributed by atoms with van der Waals surface area (Å²) >= 11 is 0. The Kier molecular flexibility index (Phi) is 5.05. The fourth-order valence-electron chi connectivity index (χ4n) is 2.38. The van der Waals surface area contributed by atoms with Gasteiger partial charge in [0.25, 0.3) is 0 Å². The van der Waals surface area contributed by atoms with Crippen LogP contribution >= 0.6 is 0 Å². The minimum absolute atomic E-state index is 0.102. The van der Waals surface area contributed by atoms with Gasteiger partial charge in [-0.3, -0.25) is 9.10 Å². The standard InChI is InChI=1S/C14H19NO6S/c1-21-13(17)9-12(16)14(18)10-4-2-5-11(8-10)15-6-3-7-22(15,19)20/h2,4-5,8,12,14,16,18H,3,6-7,9H2,1H3. The molecule has 22 heavy (non-hydrogen) atoms. The van der Waals surface area contributed by atoms with Crippen LogP contribution in [-0.2, 0) is 19.6 Å². The van der Waals surface area contributed by atoms with E-state index in [1.165, 1.54) is 17.5 Å². The van der Waals surface area contributed by atoms with Gasteiger partial charge in [0.1, 0.15) is 6.10 Å². The van der Waals surface area contributed by atoms with Gasteiger partial charge in [0.2, 0.25) is 10.0 Å². The fourth-order valence-corrected chi connectivity index (χ4v) is 3.94. The number of ether oxygens (including phenoxy) is 1. The van der Waals surface area contributed by atoms with E-state index in [1.807, 2.05) is 0 Å². The third-order valence-corrected chi connectivity index (χ3v) is 5.44. The molecule has 0 amide bonds. The summed E-state index contributed by atoms with van der Waals surface area (Å²) in [4.78, 5) is 11.1. The average Bonchev–Trinajstić information content (AvgIpc) is 2.85. The van der Waals surface area contributed by atoms with Gasteiger partial charge in [0.15, 0.2) is 0 Å². The highest BCUT2D eigenvalue weighted by molar-refractivity contribution is 7.93. The van der Waals surface area contributed by atoms with Crippen molar-refractivity contribution in [3.63, 3.8) is 0 Å². The van der Waals surface area contributed by atoms with Crippen LogP contribution in [0.25, 0.3) is 0 Å². The molecule has 1 heterocycles. The van der Waals surface area contributed by atoms with Crippen molar-refractivity contribution in [1.29, 1.82) is 0 Å².